The second-order valence-corrected chi connectivity index (χ2v) is 7.82. The molecule has 1 atom stereocenters. The summed E-state index contributed by atoms with van der Waals surface area (Å²) in [4.78, 5) is 24.6. The molecule has 2 rings (SSSR count). The number of aliphatic imine (C=N–C) groups is 1. The molecule has 1 N–H and O–H groups in total. The van der Waals surface area contributed by atoms with Gasteiger partial charge in [0, 0.05) is 52.4 Å². The van der Waals surface area contributed by atoms with Crippen molar-refractivity contribution in [3.63, 3.8) is 0 Å². The molecule has 0 aromatic rings. The first-order valence-electron chi connectivity index (χ1n) is 10.5. The number of guanidine groups is 1. The van der Waals surface area contributed by atoms with Gasteiger partial charge in [0.2, 0.25) is 5.91 Å². The molecule has 1 amide bonds. The van der Waals surface area contributed by atoms with Crippen LogP contribution in [0.2, 0.25) is 0 Å². The highest BCUT2D eigenvalue weighted by Gasteiger charge is 2.31. The monoisotopic (exact) mass is 420 g/mol. The molecule has 0 spiro atoms. The molecule has 168 valence electrons. The fourth-order valence-corrected chi connectivity index (χ4v) is 3.82. The number of halogens is 3. The van der Waals surface area contributed by atoms with Crippen molar-refractivity contribution in [1.82, 2.24) is 24.9 Å². The number of nitrogens with zero attached hydrogens (tertiary/aromatic N) is 5. The summed E-state index contributed by atoms with van der Waals surface area (Å²) in [7, 11) is 1.45. The van der Waals surface area contributed by atoms with Gasteiger partial charge in [0.15, 0.2) is 5.96 Å². The van der Waals surface area contributed by atoms with Gasteiger partial charge < -0.3 is 15.1 Å². The molecule has 0 aromatic heterocycles. The lowest BCUT2D eigenvalue weighted by Crippen LogP contribution is -2.57. The van der Waals surface area contributed by atoms with E-state index in [1.54, 1.807) is 0 Å². The molecule has 0 radical (unpaired) electrons. The molecule has 0 aromatic carbocycles. The van der Waals surface area contributed by atoms with Crippen LogP contribution in [0.3, 0.4) is 0 Å². The molecular formula is C19H35F3N6O. The van der Waals surface area contributed by atoms with Gasteiger partial charge in [-0.1, -0.05) is 0 Å². The van der Waals surface area contributed by atoms with Gasteiger partial charge in [-0.05, 0) is 33.7 Å². The highest BCUT2D eigenvalue weighted by molar-refractivity contribution is 5.82. The maximum atomic E-state index is 12.6. The Labute approximate surface area is 171 Å². The van der Waals surface area contributed by atoms with Crippen LogP contribution < -0.4 is 5.32 Å². The number of hydrogen-bond acceptors (Lipinski definition) is 4. The Morgan fingerprint density at radius 1 is 1.10 bits per heavy atom. The molecule has 2 heterocycles. The zero-order chi connectivity index (χ0) is 21.4. The lowest BCUT2D eigenvalue weighted by Gasteiger charge is -2.39. The van der Waals surface area contributed by atoms with Gasteiger partial charge in [-0.25, -0.2) is 0 Å². The molecule has 10 heteroatoms. The maximum Gasteiger partial charge on any atom is 0.401 e. The minimum absolute atomic E-state index is 0.120. The summed E-state index contributed by atoms with van der Waals surface area (Å²) >= 11 is 0. The largest absolute Gasteiger partial charge is 0.401 e. The van der Waals surface area contributed by atoms with Crippen LogP contribution in [0.4, 0.5) is 13.2 Å². The number of alkyl halides is 3. The lowest BCUT2D eigenvalue weighted by atomic mass is 10.2. The molecule has 29 heavy (non-hydrogen) atoms. The van der Waals surface area contributed by atoms with Gasteiger partial charge in [0.25, 0.3) is 0 Å². The van der Waals surface area contributed by atoms with Gasteiger partial charge >= 0.3 is 6.18 Å². The second-order valence-electron chi connectivity index (χ2n) is 7.82. The SMILES string of the molecule is CCNC(=NCCN(C)CC(F)(F)F)N1CCN(C(C)C(=O)N2CCCC2)CC1. The Balaban J connectivity index is 1.82. The summed E-state index contributed by atoms with van der Waals surface area (Å²) in [6.07, 6.45) is -2.01. The molecule has 0 aliphatic carbocycles. The van der Waals surface area contributed by atoms with E-state index in [4.69, 9.17) is 0 Å². The van der Waals surface area contributed by atoms with E-state index < -0.39 is 12.7 Å². The Hall–Kier alpha value is -1.55. The number of carbonyl (C=O) groups excluding carboxylic acids is 1. The predicted molar refractivity (Wildman–Crippen MR) is 108 cm³/mol. The number of hydrogen-bond donors (Lipinski definition) is 1. The molecule has 2 fully saturated rings. The van der Waals surface area contributed by atoms with Crippen LogP contribution in [-0.2, 0) is 4.79 Å². The van der Waals surface area contributed by atoms with Crippen LogP contribution in [0.5, 0.6) is 0 Å². The third-order valence-corrected chi connectivity index (χ3v) is 5.46. The zero-order valence-corrected chi connectivity index (χ0v) is 17.8. The minimum Gasteiger partial charge on any atom is -0.357 e. The predicted octanol–water partition coefficient (Wildman–Crippen LogP) is 1.07. The smallest absolute Gasteiger partial charge is 0.357 e. The van der Waals surface area contributed by atoms with Crippen LogP contribution >= 0.6 is 0 Å². The molecule has 2 saturated heterocycles. The van der Waals surface area contributed by atoms with Gasteiger partial charge in [0.1, 0.15) is 0 Å². The Kier molecular flexibility index (Phi) is 9.01. The van der Waals surface area contributed by atoms with E-state index in [1.807, 2.05) is 18.7 Å². The van der Waals surface area contributed by atoms with Crippen molar-refractivity contribution in [2.75, 3.05) is 72.5 Å². The zero-order valence-electron chi connectivity index (χ0n) is 17.8. The van der Waals surface area contributed by atoms with Crippen molar-refractivity contribution >= 4 is 11.9 Å². The molecule has 0 bridgehead atoms. The number of carbonyl (C=O) groups is 1. The van der Waals surface area contributed by atoms with Crippen molar-refractivity contribution in [3.05, 3.63) is 0 Å². The van der Waals surface area contributed by atoms with E-state index in [0.717, 1.165) is 58.1 Å². The molecule has 0 saturated carbocycles. The van der Waals surface area contributed by atoms with E-state index in [2.05, 4.69) is 20.1 Å². The number of nitrogens with one attached hydrogen (secondary N) is 1. The maximum absolute atomic E-state index is 12.6. The first-order valence-corrected chi connectivity index (χ1v) is 10.5. The standard InChI is InChI=1S/C19H35F3N6O/c1-4-23-18(24-7-10-25(3)15-19(20,21)22)28-13-11-26(12-14-28)16(2)17(29)27-8-5-6-9-27/h16H,4-15H2,1-3H3,(H,23,24). The third kappa shape index (κ3) is 7.65. The first-order chi connectivity index (χ1) is 13.7. The lowest BCUT2D eigenvalue weighted by molar-refractivity contribution is -0.142. The van der Waals surface area contributed by atoms with E-state index in [-0.39, 0.29) is 18.5 Å². The van der Waals surface area contributed by atoms with E-state index in [0.29, 0.717) is 13.1 Å². The highest BCUT2D eigenvalue weighted by atomic mass is 19.4. The van der Waals surface area contributed by atoms with Gasteiger partial charge in [0.05, 0.1) is 19.1 Å². The number of likely N-dealkylation sites (N-methyl/N-ethyl adjacent to an activating group) is 1. The summed E-state index contributed by atoms with van der Waals surface area (Å²) in [6, 6.07) is -0.120. The van der Waals surface area contributed by atoms with Crippen LogP contribution in [0, 0.1) is 0 Å². The van der Waals surface area contributed by atoms with Crippen molar-refractivity contribution in [2.45, 2.75) is 38.9 Å². The molecule has 7 nitrogen and oxygen atoms in total. The van der Waals surface area contributed by atoms with Crippen LogP contribution in [-0.4, -0.2) is 116 Å². The second kappa shape index (κ2) is 11.0. The topological polar surface area (TPSA) is 54.4 Å². The number of piperazine rings is 1. The summed E-state index contributed by atoms with van der Waals surface area (Å²) in [5.74, 6) is 0.940. The fourth-order valence-electron chi connectivity index (χ4n) is 3.82. The van der Waals surface area contributed by atoms with E-state index in [1.165, 1.54) is 11.9 Å². The average Bonchev–Trinajstić information content (AvgIpc) is 3.19. The van der Waals surface area contributed by atoms with E-state index in [9.17, 15) is 18.0 Å². The molecule has 2 aliphatic rings. The van der Waals surface area contributed by atoms with Crippen molar-refractivity contribution in [2.24, 2.45) is 4.99 Å². The normalized spacial score (nSPS) is 20.4. The van der Waals surface area contributed by atoms with Crippen molar-refractivity contribution in [1.29, 1.82) is 0 Å². The Morgan fingerprint density at radius 3 is 2.28 bits per heavy atom. The Morgan fingerprint density at radius 2 is 1.72 bits per heavy atom. The number of amides is 1. The minimum atomic E-state index is -4.19. The summed E-state index contributed by atoms with van der Waals surface area (Å²) in [5, 5.41) is 3.23. The van der Waals surface area contributed by atoms with Crippen LogP contribution in [0.1, 0.15) is 26.7 Å². The van der Waals surface area contributed by atoms with Crippen LogP contribution in [0.15, 0.2) is 4.99 Å². The van der Waals surface area contributed by atoms with Crippen molar-refractivity contribution in [3.8, 4) is 0 Å². The number of rotatable bonds is 7. The van der Waals surface area contributed by atoms with Crippen LogP contribution in [0.25, 0.3) is 0 Å². The molecule has 1 unspecified atom stereocenters. The van der Waals surface area contributed by atoms with Gasteiger partial charge in [-0.2, -0.15) is 13.2 Å². The number of likely N-dealkylation sites (tertiary alicyclic amines) is 1. The molecular weight excluding hydrogens is 385 g/mol. The summed E-state index contributed by atoms with van der Waals surface area (Å²) in [5.41, 5.74) is 0. The third-order valence-electron chi connectivity index (χ3n) is 5.46. The average molecular weight is 421 g/mol. The van der Waals surface area contributed by atoms with Gasteiger partial charge in [-0.3, -0.25) is 19.6 Å². The van der Waals surface area contributed by atoms with E-state index >= 15 is 0 Å². The summed E-state index contributed by atoms with van der Waals surface area (Å²) in [6.45, 7) is 9.00. The van der Waals surface area contributed by atoms with Gasteiger partial charge in [-0.15, -0.1) is 0 Å². The fraction of sp³-hybridized carbons (Fsp3) is 0.895. The highest BCUT2D eigenvalue weighted by Crippen LogP contribution is 2.16. The summed E-state index contributed by atoms with van der Waals surface area (Å²) < 4.78 is 37.3. The quantitative estimate of drug-likeness (QED) is 0.493. The first kappa shape index (κ1) is 23.7. The molecule has 2 aliphatic heterocycles. The van der Waals surface area contributed by atoms with Crippen molar-refractivity contribution < 1.29 is 18.0 Å². The Bertz CT molecular complexity index is 543.